The Hall–Kier alpha value is -2.93. The summed E-state index contributed by atoms with van der Waals surface area (Å²) in [7, 11) is 0. The number of carbonyl (C=O) groups is 1. The Morgan fingerprint density at radius 3 is 2.17 bits per heavy atom. The number of ether oxygens (including phenoxy) is 1. The number of aliphatic hydroxyl groups is 1. The number of aromatic hydroxyl groups is 4. The third-order valence-electron chi connectivity index (χ3n) is 3.83. The summed E-state index contributed by atoms with van der Waals surface area (Å²) in [6.07, 6.45) is -2.84. The third kappa shape index (κ3) is 2.31. The van der Waals surface area contributed by atoms with E-state index < -0.39 is 23.7 Å². The van der Waals surface area contributed by atoms with Gasteiger partial charge in [0.05, 0.1) is 0 Å². The second kappa shape index (κ2) is 5.06. The van der Waals surface area contributed by atoms with Gasteiger partial charge in [-0.3, -0.25) is 4.79 Å². The second-order valence-corrected chi connectivity index (χ2v) is 5.37. The van der Waals surface area contributed by atoms with Crippen molar-refractivity contribution in [1.82, 2.24) is 0 Å². The largest absolute Gasteiger partial charge is 0.508 e. The van der Waals surface area contributed by atoms with E-state index in [1.807, 2.05) is 0 Å². The highest BCUT2D eigenvalue weighted by Crippen LogP contribution is 2.43. The van der Waals surface area contributed by atoms with Gasteiger partial charge < -0.3 is 30.3 Å². The Morgan fingerprint density at radius 1 is 0.957 bits per heavy atom. The standard InChI is InChI=1S/C16H14O7/c1-6-9(18)2-7(3-10(6)19)16-15(22)14(21)13-11(20)4-8(17)5-12(13)23-16/h2-5,15-20,22H,1H3. The first-order chi connectivity index (χ1) is 10.8. The topological polar surface area (TPSA) is 127 Å². The Labute approximate surface area is 130 Å². The van der Waals surface area contributed by atoms with Crippen molar-refractivity contribution < 1.29 is 35.1 Å². The molecular weight excluding hydrogens is 304 g/mol. The summed E-state index contributed by atoms with van der Waals surface area (Å²) in [5.41, 5.74) is 0.202. The Morgan fingerprint density at radius 2 is 1.57 bits per heavy atom. The van der Waals surface area contributed by atoms with E-state index in [2.05, 4.69) is 0 Å². The zero-order valence-electron chi connectivity index (χ0n) is 12.0. The molecule has 2 aromatic carbocycles. The Kier molecular flexibility index (Phi) is 3.30. The molecule has 0 spiro atoms. The van der Waals surface area contributed by atoms with Crippen LogP contribution in [-0.2, 0) is 0 Å². The highest BCUT2D eigenvalue weighted by atomic mass is 16.5. The SMILES string of the molecule is Cc1c(O)cc(C2Oc3cc(O)cc(O)c3C(=O)C2O)cc1O. The van der Waals surface area contributed by atoms with Crippen LogP contribution in [0.25, 0.3) is 0 Å². The van der Waals surface area contributed by atoms with Crippen molar-refractivity contribution in [3.8, 4) is 28.7 Å². The molecule has 0 saturated heterocycles. The predicted molar refractivity (Wildman–Crippen MR) is 78.0 cm³/mol. The molecule has 0 bridgehead atoms. The molecule has 7 heteroatoms. The maximum atomic E-state index is 12.3. The fraction of sp³-hybridized carbons (Fsp3) is 0.188. The van der Waals surface area contributed by atoms with E-state index in [4.69, 9.17) is 4.74 Å². The number of phenolic OH excluding ortho intramolecular Hbond substituents is 4. The summed E-state index contributed by atoms with van der Waals surface area (Å²) in [4.78, 5) is 12.3. The summed E-state index contributed by atoms with van der Waals surface area (Å²) in [5, 5.41) is 49.0. The van der Waals surface area contributed by atoms with E-state index in [0.717, 1.165) is 12.1 Å². The molecule has 0 fully saturated rings. The zero-order chi connectivity index (χ0) is 16.9. The lowest BCUT2D eigenvalue weighted by Gasteiger charge is -2.30. The average Bonchev–Trinajstić information content (AvgIpc) is 2.47. The fourth-order valence-corrected chi connectivity index (χ4v) is 2.53. The molecule has 0 aromatic heterocycles. The fourth-order valence-electron chi connectivity index (χ4n) is 2.53. The van der Waals surface area contributed by atoms with Crippen molar-refractivity contribution in [3.05, 3.63) is 41.0 Å². The molecule has 2 unspecified atom stereocenters. The minimum Gasteiger partial charge on any atom is -0.508 e. The number of fused-ring (bicyclic) bond motifs is 1. The number of benzene rings is 2. The normalized spacial score (nSPS) is 20.0. The van der Waals surface area contributed by atoms with Gasteiger partial charge in [-0.1, -0.05) is 0 Å². The van der Waals surface area contributed by atoms with E-state index in [-0.39, 0.29) is 39.7 Å². The molecular formula is C16H14O7. The number of carbonyl (C=O) groups excluding carboxylic acids is 1. The van der Waals surface area contributed by atoms with Gasteiger partial charge in [0, 0.05) is 23.3 Å². The Balaban J connectivity index is 2.11. The van der Waals surface area contributed by atoms with Crippen molar-refractivity contribution in [2.75, 3.05) is 0 Å². The van der Waals surface area contributed by atoms with E-state index in [1.54, 1.807) is 0 Å². The van der Waals surface area contributed by atoms with Gasteiger partial charge in [-0.2, -0.15) is 0 Å². The predicted octanol–water partition coefficient (Wildman–Crippen LogP) is 1.49. The molecule has 1 aliphatic rings. The summed E-state index contributed by atoms with van der Waals surface area (Å²) < 4.78 is 5.50. The molecule has 1 heterocycles. The first-order valence-electron chi connectivity index (χ1n) is 6.77. The van der Waals surface area contributed by atoms with E-state index in [0.29, 0.717) is 0 Å². The maximum absolute atomic E-state index is 12.3. The van der Waals surface area contributed by atoms with Gasteiger partial charge >= 0.3 is 0 Å². The number of hydrogen-bond donors (Lipinski definition) is 5. The van der Waals surface area contributed by atoms with Crippen LogP contribution in [0.1, 0.15) is 27.6 Å². The van der Waals surface area contributed by atoms with Crippen LogP contribution in [0.5, 0.6) is 28.7 Å². The van der Waals surface area contributed by atoms with Crippen LogP contribution in [-0.4, -0.2) is 37.4 Å². The van der Waals surface area contributed by atoms with Gasteiger partial charge in [-0.15, -0.1) is 0 Å². The molecule has 2 aromatic rings. The van der Waals surface area contributed by atoms with Crippen molar-refractivity contribution in [2.45, 2.75) is 19.1 Å². The quantitative estimate of drug-likeness (QED) is 0.539. The van der Waals surface area contributed by atoms with Crippen LogP contribution in [0, 0.1) is 6.92 Å². The number of rotatable bonds is 1. The lowest BCUT2D eigenvalue weighted by molar-refractivity contribution is 0.0209. The molecule has 23 heavy (non-hydrogen) atoms. The van der Waals surface area contributed by atoms with Crippen LogP contribution >= 0.6 is 0 Å². The lowest BCUT2D eigenvalue weighted by atomic mass is 9.92. The summed E-state index contributed by atoms with van der Waals surface area (Å²) >= 11 is 0. The Bertz CT molecular complexity index is 789. The molecule has 120 valence electrons. The van der Waals surface area contributed by atoms with E-state index in [1.165, 1.54) is 19.1 Å². The van der Waals surface area contributed by atoms with Crippen molar-refractivity contribution in [2.24, 2.45) is 0 Å². The number of aliphatic hydroxyl groups excluding tert-OH is 1. The number of Topliss-reactive ketones (excluding diaryl/α,β-unsaturated/α-hetero) is 1. The molecule has 0 amide bonds. The van der Waals surface area contributed by atoms with E-state index >= 15 is 0 Å². The van der Waals surface area contributed by atoms with Crippen LogP contribution in [0.2, 0.25) is 0 Å². The van der Waals surface area contributed by atoms with E-state index in [9.17, 15) is 30.3 Å². The smallest absolute Gasteiger partial charge is 0.202 e. The summed E-state index contributed by atoms with van der Waals surface area (Å²) in [6, 6.07) is 4.64. The van der Waals surface area contributed by atoms with Gasteiger partial charge in [0.2, 0.25) is 5.78 Å². The minimum atomic E-state index is -1.64. The molecule has 0 radical (unpaired) electrons. The molecule has 0 aliphatic carbocycles. The van der Waals surface area contributed by atoms with Gasteiger partial charge in [0.15, 0.2) is 12.2 Å². The first-order valence-corrected chi connectivity index (χ1v) is 6.77. The monoisotopic (exact) mass is 318 g/mol. The number of phenols is 4. The lowest BCUT2D eigenvalue weighted by Crippen LogP contribution is -2.36. The van der Waals surface area contributed by atoms with Gasteiger partial charge in [0.1, 0.15) is 34.3 Å². The van der Waals surface area contributed by atoms with Crippen molar-refractivity contribution in [1.29, 1.82) is 0 Å². The third-order valence-corrected chi connectivity index (χ3v) is 3.83. The highest BCUT2D eigenvalue weighted by Gasteiger charge is 2.39. The van der Waals surface area contributed by atoms with Crippen LogP contribution in [0.3, 0.4) is 0 Å². The summed E-state index contributed by atoms with van der Waals surface area (Å²) in [5.74, 6) is -2.12. The number of hydrogen-bond acceptors (Lipinski definition) is 7. The molecule has 0 saturated carbocycles. The van der Waals surface area contributed by atoms with Crippen LogP contribution < -0.4 is 4.74 Å². The molecule has 1 aliphatic heterocycles. The van der Waals surface area contributed by atoms with Crippen molar-refractivity contribution >= 4 is 5.78 Å². The molecule has 3 rings (SSSR count). The minimum absolute atomic E-state index is 0.0950. The highest BCUT2D eigenvalue weighted by molar-refractivity contribution is 6.05. The maximum Gasteiger partial charge on any atom is 0.202 e. The van der Waals surface area contributed by atoms with Gasteiger partial charge in [-0.05, 0) is 19.1 Å². The molecule has 7 nitrogen and oxygen atoms in total. The van der Waals surface area contributed by atoms with Crippen LogP contribution in [0.15, 0.2) is 24.3 Å². The second-order valence-electron chi connectivity index (χ2n) is 5.37. The van der Waals surface area contributed by atoms with Crippen molar-refractivity contribution in [3.63, 3.8) is 0 Å². The molecule has 2 atom stereocenters. The summed E-state index contributed by atoms with van der Waals surface area (Å²) in [6.45, 7) is 1.50. The van der Waals surface area contributed by atoms with Gasteiger partial charge in [-0.25, -0.2) is 0 Å². The molecule has 5 N–H and O–H groups in total. The van der Waals surface area contributed by atoms with Crippen LogP contribution in [0.4, 0.5) is 0 Å². The average molecular weight is 318 g/mol. The first kappa shape index (κ1) is 15.0. The zero-order valence-corrected chi connectivity index (χ0v) is 12.0. The number of ketones is 1. The van der Waals surface area contributed by atoms with Gasteiger partial charge in [0.25, 0.3) is 0 Å².